The van der Waals surface area contributed by atoms with Gasteiger partial charge in [0.15, 0.2) is 9.84 Å². The smallest absolute Gasteiger partial charge is 0.348 e. The van der Waals surface area contributed by atoms with E-state index in [1.165, 1.54) is 24.5 Å². The zero-order valence-electron chi connectivity index (χ0n) is 15.9. The molecule has 1 aromatic rings. The zero-order chi connectivity index (χ0) is 20.9. The number of carbonyl (C=O) groups excluding carboxylic acids is 1. The first kappa shape index (κ1) is 23.3. The van der Waals surface area contributed by atoms with Gasteiger partial charge in [-0.3, -0.25) is 0 Å². The van der Waals surface area contributed by atoms with Crippen LogP contribution in [0, 0.1) is 0 Å². The lowest BCUT2D eigenvalue weighted by atomic mass is 9.91. The van der Waals surface area contributed by atoms with Crippen LogP contribution in [0.25, 0.3) is 0 Å². The molecule has 0 aliphatic carbocycles. The van der Waals surface area contributed by atoms with Crippen molar-refractivity contribution < 1.29 is 22.3 Å². The molecule has 0 spiro atoms. The van der Waals surface area contributed by atoms with Gasteiger partial charge in [0.25, 0.3) is 0 Å². The first-order chi connectivity index (χ1) is 13.0. The number of sulfone groups is 1. The van der Waals surface area contributed by atoms with Gasteiger partial charge in [-0.2, -0.15) is 0 Å². The van der Waals surface area contributed by atoms with Gasteiger partial charge in [-0.15, -0.1) is 0 Å². The number of piperidine rings is 1. The Morgan fingerprint density at radius 1 is 1.32 bits per heavy atom. The molecule has 1 saturated heterocycles. The van der Waals surface area contributed by atoms with Gasteiger partial charge in [-0.25, -0.2) is 17.6 Å². The third-order valence-electron chi connectivity index (χ3n) is 4.88. The summed E-state index contributed by atoms with van der Waals surface area (Å²) in [6.45, 7) is 1.71. The Labute approximate surface area is 175 Å². The molecule has 1 unspecified atom stereocenters. The highest BCUT2D eigenvalue weighted by atomic mass is 35.5. The van der Waals surface area contributed by atoms with Gasteiger partial charge < -0.3 is 15.0 Å². The van der Waals surface area contributed by atoms with Crippen molar-refractivity contribution in [2.24, 2.45) is 0 Å². The second kappa shape index (κ2) is 9.71. The Bertz CT molecular complexity index is 801. The fourth-order valence-electron chi connectivity index (χ4n) is 3.21. The number of alkyl halides is 1. The third-order valence-corrected chi connectivity index (χ3v) is 6.31. The Morgan fingerprint density at radius 2 is 1.96 bits per heavy atom. The maximum Gasteiger partial charge on any atom is 0.348 e. The van der Waals surface area contributed by atoms with E-state index in [1.807, 2.05) is 4.90 Å². The van der Waals surface area contributed by atoms with Gasteiger partial charge in [-0.1, -0.05) is 29.3 Å². The number of ether oxygens (including phenoxy) is 1. The summed E-state index contributed by atoms with van der Waals surface area (Å²) in [6, 6.07) is 4.35. The number of methoxy groups -OCH3 is 1. The number of likely N-dealkylation sites (tertiary alicyclic amines) is 1. The normalized spacial score (nSPS) is 18.6. The van der Waals surface area contributed by atoms with Gasteiger partial charge in [0.1, 0.15) is 0 Å². The van der Waals surface area contributed by atoms with Crippen LogP contribution in [0.4, 0.5) is 4.39 Å². The summed E-state index contributed by atoms with van der Waals surface area (Å²) < 4.78 is 42.8. The third kappa shape index (κ3) is 6.29. The topological polar surface area (TPSA) is 75.7 Å². The molecule has 10 heteroatoms. The van der Waals surface area contributed by atoms with Crippen LogP contribution in [0.2, 0.25) is 10.0 Å². The SMILES string of the molecule is COC(=O)C(F)(CCN1CCC(NCS(C)(=O)=O)CC1)c1ccc(Cl)c(Cl)c1. The number of benzene rings is 1. The minimum atomic E-state index is -3.06. The van der Waals surface area contributed by atoms with E-state index in [2.05, 4.69) is 10.1 Å². The van der Waals surface area contributed by atoms with Crippen molar-refractivity contribution in [3.8, 4) is 0 Å². The van der Waals surface area contributed by atoms with Crippen LogP contribution >= 0.6 is 23.2 Å². The average Bonchev–Trinajstić information content (AvgIpc) is 2.66. The number of nitrogens with one attached hydrogen (secondary N) is 1. The monoisotopic (exact) mass is 454 g/mol. The predicted molar refractivity (Wildman–Crippen MR) is 108 cm³/mol. The standard InChI is InChI=1S/C18H25Cl2FN2O4S/c1-27-17(24)18(21,13-3-4-15(19)16(20)11-13)7-10-23-8-5-14(6-9-23)22-12-28(2,25)26/h3-4,11,14,22H,5-10,12H2,1-2H3. The fourth-order valence-corrected chi connectivity index (χ4v) is 4.05. The number of hydrogen-bond donors (Lipinski definition) is 1. The van der Waals surface area contributed by atoms with Crippen LogP contribution < -0.4 is 5.32 Å². The summed E-state index contributed by atoms with van der Waals surface area (Å²) in [7, 11) is -1.92. The number of esters is 1. The highest BCUT2D eigenvalue weighted by Gasteiger charge is 2.42. The number of rotatable bonds is 8. The van der Waals surface area contributed by atoms with Gasteiger partial charge in [-0.05, 0) is 38.1 Å². The Hall–Kier alpha value is -0.930. The summed E-state index contributed by atoms with van der Waals surface area (Å²) in [5, 5.41) is 3.48. The molecule has 1 aliphatic heterocycles. The van der Waals surface area contributed by atoms with Crippen molar-refractivity contribution >= 4 is 39.0 Å². The molecule has 0 amide bonds. The molecule has 0 aromatic heterocycles. The molecule has 6 nitrogen and oxygen atoms in total. The van der Waals surface area contributed by atoms with Crippen LogP contribution in [-0.4, -0.2) is 64.2 Å². The van der Waals surface area contributed by atoms with E-state index < -0.39 is 21.5 Å². The lowest BCUT2D eigenvalue weighted by Gasteiger charge is -2.34. The van der Waals surface area contributed by atoms with Crippen molar-refractivity contribution in [3.05, 3.63) is 33.8 Å². The van der Waals surface area contributed by atoms with E-state index in [-0.39, 0.29) is 33.9 Å². The van der Waals surface area contributed by atoms with Crippen molar-refractivity contribution in [2.45, 2.75) is 31.0 Å². The molecule has 1 N–H and O–H groups in total. The summed E-state index contributed by atoms with van der Waals surface area (Å²) in [4.78, 5) is 14.2. The van der Waals surface area contributed by atoms with Crippen LogP contribution in [0.1, 0.15) is 24.8 Å². The van der Waals surface area contributed by atoms with Crippen LogP contribution in [-0.2, 0) is 25.0 Å². The maximum atomic E-state index is 15.6. The lowest BCUT2D eigenvalue weighted by molar-refractivity contribution is -0.156. The van der Waals surface area contributed by atoms with Gasteiger partial charge in [0.05, 0.1) is 23.0 Å². The second-order valence-corrected chi connectivity index (χ2v) is 10.0. The first-order valence-corrected chi connectivity index (χ1v) is 11.7. The highest BCUT2D eigenvalue weighted by Crippen LogP contribution is 2.35. The zero-order valence-corrected chi connectivity index (χ0v) is 18.2. The van der Waals surface area contributed by atoms with Crippen molar-refractivity contribution in [1.82, 2.24) is 10.2 Å². The van der Waals surface area contributed by atoms with Crippen molar-refractivity contribution in [2.75, 3.05) is 38.9 Å². The summed E-state index contributed by atoms with van der Waals surface area (Å²) in [6.07, 6.45) is 2.60. The second-order valence-electron chi connectivity index (χ2n) is 7.06. The highest BCUT2D eigenvalue weighted by molar-refractivity contribution is 7.90. The quantitative estimate of drug-likeness (QED) is 0.608. The number of nitrogens with zero attached hydrogens (tertiary/aromatic N) is 1. The molecule has 0 bridgehead atoms. The molecule has 1 atom stereocenters. The number of hydrogen-bond acceptors (Lipinski definition) is 6. The summed E-state index contributed by atoms with van der Waals surface area (Å²) >= 11 is 11.9. The molecular weight excluding hydrogens is 430 g/mol. The molecule has 2 rings (SSSR count). The predicted octanol–water partition coefficient (Wildman–Crippen LogP) is 2.78. The van der Waals surface area contributed by atoms with Gasteiger partial charge in [0, 0.05) is 30.8 Å². The number of carbonyl (C=O) groups is 1. The molecule has 0 radical (unpaired) electrons. The number of halogens is 3. The molecule has 0 saturated carbocycles. The molecule has 28 heavy (non-hydrogen) atoms. The van der Waals surface area contributed by atoms with Crippen molar-refractivity contribution in [3.63, 3.8) is 0 Å². The van der Waals surface area contributed by atoms with Crippen molar-refractivity contribution in [1.29, 1.82) is 0 Å². The van der Waals surface area contributed by atoms with E-state index >= 15 is 4.39 Å². The van der Waals surface area contributed by atoms with Gasteiger partial charge >= 0.3 is 5.97 Å². The molecule has 1 aromatic carbocycles. The Kier molecular flexibility index (Phi) is 8.10. The maximum absolute atomic E-state index is 15.6. The van der Waals surface area contributed by atoms with Crippen LogP contribution in [0.15, 0.2) is 18.2 Å². The van der Waals surface area contributed by atoms with Gasteiger partial charge in [0.2, 0.25) is 5.67 Å². The van der Waals surface area contributed by atoms with E-state index in [0.29, 0.717) is 19.6 Å². The van der Waals surface area contributed by atoms with Crippen LogP contribution in [0.3, 0.4) is 0 Å². The van der Waals surface area contributed by atoms with E-state index in [9.17, 15) is 13.2 Å². The minimum absolute atomic E-state index is 0.0507. The lowest BCUT2D eigenvalue weighted by Crippen LogP contribution is -2.45. The summed E-state index contributed by atoms with van der Waals surface area (Å²) in [5.74, 6) is -1.03. The van der Waals surface area contributed by atoms with Crippen LogP contribution in [0.5, 0.6) is 0 Å². The minimum Gasteiger partial charge on any atom is -0.466 e. The van der Waals surface area contributed by atoms with E-state index in [1.54, 1.807) is 0 Å². The fraction of sp³-hybridized carbons (Fsp3) is 0.611. The Morgan fingerprint density at radius 3 is 2.50 bits per heavy atom. The molecule has 1 aliphatic rings. The molecule has 1 fully saturated rings. The average molecular weight is 455 g/mol. The van der Waals surface area contributed by atoms with E-state index in [0.717, 1.165) is 20.0 Å². The molecule has 158 valence electrons. The molecule has 1 heterocycles. The summed E-state index contributed by atoms with van der Waals surface area (Å²) in [5.41, 5.74) is -2.22. The first-order valence-electron chi connectivity index (χ1n) is 8.91. The molecular formula is C18H25Cl2FN2O4S. The van der Waals surface area contributed by atoms with E-state index in [4.69, 9.17) is 23.2 Å². The Balaban J connectivity index is 1.97. The largest absolute Gasteiger partial charge is 0.466 e.